The van der Waals surface area contributed by atoms with Gasteiger partial charge in [0.05, 0.1) is 13.1 Å². The first-order valence-electron chi connectivity index (χ1n) is 4.57. The molecule has 0 radical (unpaired) electrons. The van der Waals surface area contributed by atoms with Crippen molar-refractivity contribution in [1.29, 1.82) is 0 Å². The van der Waals surface area contributed by atoms with Crippen molar-refractivity contribution in [1.82, 2.24) is 10.2 Å². The van der Waals surface area contributed by atoms with E-state index in [1.165, 1.54) is 0 Å². The minimum Gasteiger partial charge on any atom is -0.480 e. The third-order valence-corrected chi connectivity index (χ3v) is 1.52. The second-order valence-electron chi connectivity index (χ2n) is 2.85. The molecule has 0 heterocycles. The van der Waals surface area contributed by atoms with Crippen molar-refractivity contribution in [2.75, 3.05) is 26.2 Å². The Hall–Kier alpha value is -2.43. The van der Waals surface area contributed by atoms with Crippen molar-refractivity contribution in [2.45, 2.75) is 0 Å². The van der Waals surface area contributed by atoms with Gasteiger partial charge in [0.15, 0.2) is 0 Å². The van der Waals surface area contributed by atoms with Gasteiger partial charge < -0.3 is 25.8 Å². The molecule has 0 aromatic heterocycles. The van der Waals surface area contributed by atoms with Gasteiger partial charge in [-0.3, -0.25) is 4.79 Å². The molecule has 0 aliphatic rings. The van der Waals surface area contributed by atoms with E-state index in [1.807, 2.05) is 0 Å². The van der Waals surface area contributed by atoms with E-state index >= 15 is 0 Å². The van der Waals surface area contributed by atoms with E-state index in [0.717, 1.165) is 4.90 Å². The van der Waals surface area contributed by atoms with Crippen LogP contribution in [0, 0.1) is 12.3 Å². The average Bonchev–Trinajstić information content (AvgIpc) is 2.22. The summed E-state index contributed by atoms with van der Waals surface area (Å²) in [4.78, 5) is 33.0. The van der Waals surface area contributed by atoms with Gasteiger partial charge in [0, 0.05) is 0 Å². The summed E-state index contributed by atoms with van der Waals surface area (Å²) >= 11 is 0. The highest BCUT2D eigenvalue weighted by molar-refractivity contribution is 5.80. The molecule has 0 rings (SSSR count). The van der Waals surface area contributed by atoms with Crippen molar-refractivity contribution >= 4 is 18.1 Å². The number of ether oxygens (including phenoxy) is 1. The van der Waals surface area contributed by atoms with Crippen LogP contribution >= 0.6 is 0 Å². The van der Waals surface area contributed by atoms with Crippen LogP contribution in [0.25, 0.3) is 0 Å². The van der Waals surface area contributed by atoms with Gasteiger partial charge >= 0.3 is 18.1 Å². The highest BCUT2D eigenvalue weighted by Crippen LogP contribution is 1.88. The largest absolute Gasteiger partial charge is 0.480 e. The van der Waals surface area contributed by atoms with Gasteiger partial charge in [-0.05, 0) is 0 Å². The number of rotatable bonds is 6. The topological polar surface area (TPSA) is 122 Å². The van der Waals surface area contributed by atoms with E-state index in [4.69, 9.17) is 17.3 Å². The summed E-state index contributed by atoms with van der Waals surface area (Å²) < 4.78 is 4.36. The Kier molecular flexibility index (Phi) is 6.69. The fraction of sp³-hybridized carbons (Fsp3) is 0.444. The molecule has 8 heteroatoms. The van der Waals surface area contributed by atoms with Crippen LogP contribution in [-0.2, 0) is 9.53 Å². The number of terminal acetylenes is 1. The van der Waals surface area contributed by atoms with Gasteiger partial charge in [0.1, 0.15) is 13.2 Å². The maximum atomic E-state index is 11.4. The van der Waals surface area contributed by atoms with Crippen LogP contribution in [0.4, 0.5) is 9.59 Å². The number of carboxylic acids is 1. The third kappa shape index (κ3) is 7.49. The number of amides is 3. The molecule has 3 amide bonds. The van der Waals surface area contributed by atoms with Crippen molar-refractivity contribution < 1.29 is 24.2 Å². The average molecular weight is 243 g/mol. The molecule has 0 fully saturated rings. The molecule has 0 spiro atoms. The van der Waals surface area contributed by atoms with Gasteiger partial charge in [-0.1, -0.05) is 5.92 Å². The lowest BCUT2D eigenvalue weighted by atomic mass is 10.5. The van der Waals surface area contributed by atoms with Crippen molar-refractivity contribution in [3.63, 3.8) is 0 Å². The smallest absolute Gasteiger partial charge is 0.404 e. The van der Waals surface area contributed by atoms with Crippen LogP contribution in [0.5, 0.6) is 0 Å². The predicted octanol–water partition coefficient (Wildman–Crippen LogP) is -1.19. The summed E-state index contributed by atoms with van der Waals surface area (Å²) in [5, 5.41) is 10.9. The molecule has 0 saturated carbocycles. The zero-order valence-corrected chi connectivity index (χ0v) is 9.01. The maximum Gasteiger partial charge on any atom is 0.404 e. The molecule has 0 aliphatic carbocycles. The Morgan fingerprint density at radius 2 is 2.12 bits per heavy atom. The van der Waals surface area contributed by atoms with Crippen molar-refractivity contribution in [3.05, 3.63) is 0 Å². The number of nitrogens with one attached hydrogen (secondary N) is 1. The zero-order chi connectivity index (χ0) is 13.3. The Morgan fingerprint density at radius 3 is 2.59 bits per heavy atom. The van der Waals surface area contributed by atoms with Gasteiger partial charge in [-0.25, -0.2) is 9.59 Å². The lowest BCUT2D eigenvalue weighted by Crippen LogP contribution is -2.44. The lowest BCUT2D eigenvalue weighted by Gasteiger charge is -2.18. The van der Waals surface area contributed by atoms with Crippen molar-refractivity contribution in [2.24, 2.45) is 5.73 Å². The summed E-state index contributed by atoms with van der Waals surface area (Å²) in [5.41, 5.74) is 4.69. The van der Waals surface area contributed by atoms with Crippen LogP contribution in [0.3, 0.4) is 0 Å². The molecule has 0 aromatic carbocycles. The van der Waals surface area contributed by atoms with E-state index in [1.54, 1.807) is 0 Å². The van der Waals surface area contributed by atoms with E-state index in [0.29, 0.717) is 0 Å². The maximum absolute atomic E-state index is 11.4. The summed E-state index contributed by atoms with van der Waals surface area (Å²) in [5.74, 6) is 0.982. The lowest BCUT2D eigenvalue weighted by molar-refractivity contribution is -0.137. The quantitative estimate of drug-likeness (QED) is 0.400. The normalized spacial score (nSPS) is 8.88. The predicted molar refractivity (Wildman–Crippen MR) is 57.0 cm³/mol. The molecule has 8 nitrogen and oxygen atoms in total. The Bertz CT molecular complexity index is 336. The number of hydrogen-bond donors (Lipinski definition) is 3. The van der Waals surface area contributed by atoms with Crippen molar-refractivity contribution in [3.8, 4) is 12.3 Å². The minimum atomic E-state index is -1.18. The first-order chi connectivity index (χ1) is 7.97. The Labute approximate surface area is 97.7 Å². The van der Waals surface area contributed by atoms with Gasteiger partial charge in [0.2, 0.25) is 0 Å². The highest BCUT2D eigenvalue weighted by atomic mass is 16.5. The van der Waals surface area contributed by atoms with Gasteiger partial charge in [0.25, 0.3) is 0 Å². The van der Waals surface area contributed by atoms with Crippen LogP contribution in [0.1, 0.15) is 0 Å². The van der Waals surface area contributed by atoms with E-state index in [9.17, 15) is 14.4 Å². The van der Waals surface area contributed by atoms with E-state index in [2.05, 4.69) is 16.0 Å². The Balaban J connectivity index is 4.02. The number of carbonyl (C=O) groups is 3. The SMILES string of the molecule is C#CCN(CC(=O)O)C(=O)NCCOC(N)=O. The van der Waals surface area contributed by atoms with Crippen LogP contribution in [-0.4, -0.2) is 54.3 Å². The molecule has 0 aromatic rings. The third-order valence-electron chi connectivity index (χ3n) is 1.52. The van der Waals surface area contributed by atoms with Crippen LogP contribution < -0.4 is 11.1 Å². The highest BCUT2D eigenvalue weighted by Gasteiger charge is 2.14. The number of nitrogens with two attached hydrogens (primary N) is 1. The van der Waals surface area contributed by atoms with Gasteiger partial charge in [-0.2, -0.15) is 0 Å². The number of carboxylic acid groups (broad SMARTS) is 1. The first-order valence-corrected chi connectivity index (χ1v) is 4.57. The monoisotopic (exact) mass is 243 g/mol. The molecule has 0 aliphatic heterocycles. The molecular weight excluding hydrogens is 230 g/mol. The minimum absolute atomic E-state index is 0.0163. The standard InChI is InChI=1S/C9H13N3O5/c1-2-4-12(6-7(13)14)9(16)11-3-5-17-8(10)15/h1H,3-6H2,(H2,10,15)(H,11,16)(H,13,14). The second-order valence-corrected chi connectivity index (χ2v) is 2.85. The van der Waals surface area contributed by atoms with Gasteiger partial charge in [-0.15, -0.1) is 6.42 Å². The first kappa shape index (κ1) is 14.6. The summed E-state index contributed by atoms with van der Waals surface area (Å²) in [7, 11) is 0. The van der Waals surface area contributed by atoms with E-state index in [-0.39, 0.29) is 19.7 Å². The molecule has 17 heavy (non-hydrogen) atoms. The fourth-order valence-corrected chi connectivity index (χ4v) is 0.894. The molecule has 0 bridgehead atoms. The number of carbonyl (C=O) groups excluding carboxylic acids is 2. The number of urea groups is 1. The zero-order valence-electron chi connectivity index (χ0n) is 9.01. The van der Waals surface area contributed by atoms with Crippen LogP contribution in [0.15, 0.2) is 0 Å². The number of primary amides is 1. The summed E-state index contributed by atoms with van der Waals surface area (Å²) in [6.07, 6.45) is 4.03. The van der Waals surface area contributed by atoms with E-state index < -0.39 is 24.6 Å². The number of hydrogen-bond acceptors (Lipinski definition) is 4. The summed E-state index contributed by atoms with van der Waals surface area (Å²) in [6, 6.07) is -0.654. The molecule has 0 atom stereocenters. The second kappa shape index (κ2) is 7.81. The fourth-order valence-electron chi connectivity index (χ4n) is 0.894. The molecule has 0 unspecified atom stereocenters. The molecule has 0 saturated heterocycles. The molecule has 94 valence electrons. The summed E-state index contributed by atoms with van der Waals surface area (Å²) in [6.45, 7) is -0.720. The Morgan fingerprint density at radius 1 is 1.47 bits per heavy atom. The number of nitrogens with zero attached hydrogens (tertiary/aromatic N) is 1. The number of aliphatic carboxylic acids is 1. The van der Waals surface area contributed by atoms with Crippen LogP contribution in [0.2, 0.25) is 0 Å². The molecular formula is C9H13N3O5. The molecule has 4 N–H and O–H groups in total.